The van der Waals surface area contributed by atoms with Crippen LogP contribution in [-0.2, 0) is 42.1 Å². The standard InChI is InChI=1S/C35H33N9O3/c45-34(43-35-40-26-20-46-16-14-24(26)31(42-35)36-18-22-8-3-1-4-9-22)28-13-7-12-27-29(38-21-44(27)28)32-39-25-15-17-47-30(25)33(41-32)37-19-23-10-5-2-6-11-23/h1-13,21,28-29H,14-20H2,(H,37,39,41)(H2,36,40,42,43,45). The molecule has 12 heteroatoms. The predicted octanol–water partition coefficient (Wildman–Crippen LogP) is 4.34. The number of aromatic nitrogens is 4. The summed E-state index contributed by atoms with van der Waals surface area (Å²) in [4.78, 5) is 39.5. The van der Waals surface area contributed by atoms with E-state index >= 15 is 0 Å². The lowest BCUT2D eigenvalue weighted by atomic mass is 10.1. The van der Waals surface area contributed by atoms with Crippen LogP contribution in [0.1, 0.15) is 39.9 Å². The zero-order valence-electron chi connectivity index (χ0n) is 25.6. The van der Waals surface area contributed by atoms with Crippen molar-refractivity contribution in [1.82, 2.24) is 24.8 Å². The predicted molar refractivity (Wildman–Crippen MR) is 177 cm³/mol. The van der Waals surface area contributed by atoms with Crippen LogP contribution in [0.15, 0.2) is 89.6 Å². The van der Waals surface area contributed by atoms with Gasteiger partial charge in [-0.25, -0.2) is 15.0 Å². The van der Waals surface area contributed by atoms with Crippen LogP contribution in [0.4, 0.5) is 17.6 Å². The molecule has 236 valence electrons. The number of carbonyl (C=O) groups excluding carboxylic acids is 1. The molecule has 2 aromatic carbocycles. The van der Waals surface area contributed by atoms with E-state index in [-0.39, 0.29) is 11.9 Å². The van der Waals surface area contributed by atoms with E-state index in [0.29, 0.717) is 69.0 Å². The highest BCUT2D eigenvalue weighted by molar-refractivity contribution is 5.97. The van der Waals surface area contributed by atoms with Crippen molar-refractivity contribution in [2.75, 3.05) is 29.2 Å². The largest absolute Gasteiger partial charge is 0.487 e. The molecule has 2 aromatic heterocycles. The average Bonchev–Trinajstić information content (AvgIpc) is 3.78. The van der Waals surface area contributed by atoms with Gasteiger partial charge in [0.1, 0.15) is 11.9 Å². The summed E-state index contributed by atoms with van der Waals surface area (Å²) in [6.07, 6.45) is 8.73. The van der Waals surface area contributed by atoms with Crippen molar-refractivity contribution in [2.45, 2.75) is 44.6 Å². The lowest BCUT2D eigenvalue weighted by Gasteiger charge is -2.28. The summed E-state index contributed by atoms with van der Waals surface area (Å²) in [7, 11) is 0. The van der Waals surface area contributed by atoms with Gasteiger partial charge in [0.15, 0.2) is 23.4 Å². The Bertz CT molecular complexity index is 1900. The summed E-state index contributed by atoms with van der Waals surface area (Å²) in [5.41, 5.74) is 5.71. The number of ether oxygens (including phenoxy) is 2. The molecular formula is C35H33N9O3. The maximum atomic E-state index is 13.8. The monoisotopic (exact) mass is 627 g/mol. The number of benzene rings is 2. The van der Waals surface area contributed by atoms with Gasteiger partial charge in [0.25, 0.3) is 5.91 Å². The highest BCUT2D eigenvalue weighted by atomic mass is 16.5. The van der Waals surface area contributed by atoms with Gasteiger partial charge in [0.05, 0.1) is 43.2 Å². The van der Waals surface area contributed by atoms with E-state index in [1.165, 1.54) is 0 Å². The normalized spacial score (nSPS) is 18.9. The number of nitrogens with zero attached hydrogens (tertiary/aromatic N) is 6. The fourth-order valence-corrected chi connectivity index (χ4v) is 6.13. The smallest absolute Gasteiger partial charge is 0.253 e. The van der Waals surface area contributed by atoms with Crippen LogP contribution < -0.4 is 20.7 Å². The second-order valence-electron chi connectivity index (χ2n) is 11.6. The van der Waals surface area contributed by atoms with Crippen molar-refractivity contribution in [3.05, 3.63) is 118 Å². The van der Waals surface area contributed by atoms with Crippen LogP contribution in [0.3, 0.4) is 0 Å². The Labute approximate surface area is 271 Å². The molecule has 47 heavy (non-hydrogen) atoms. The molecule has 8 rings (SSSR count). The minimum Gasteiger partial charge on any atom is -0.487 e. The van der Waals surface area contributed by atoms with E-state index < -0.39 is 12.1 Å². The molecule has 4 aliphatic heterocycles. The first kappa shape index (κ1) is 28.8. The average molecular weight is 628 g/mol. The molecule has 0 saturated carbocycles. The van der Waals surface area contributed by atoms with Crippen molar-refractivity contribution in [3.63, 3.8) is 0 Å². The zero-order chi connectivity index (χ0) is 31.6. The van der Waals surface area contributed by atoms with Gasteiger partial charge in [0.2, 0.25) is 5.95 Å². The summed E-state index contributed by atoms with van der Waals surface area (Å²) < 4.78 is 11.6. The SMILES string of the molecule is O=C(Nc1nc2c(c(NCc3ccccc3)n1)CCOC2)C1C=CC=C2C(c3nc4c(c(NCc5ccccc5)n3)OCC4)N=CN21. The molecule has 6 heterocycles. The molecule has 4 aromatic rings. The van der Waals surface area contributed by atoms with Gasteiger partial charge in [-0.2, -0.15) is 4.98 Å². The summed E-state index contributed by atoms with van der Waals surface area (Å²) in [5, 5.41) is 9.82. The molecule has 0 bridgehead atoms. The Morgan fingerprint density at radius 2 is 1.62 bits per heavy atom. The van der Waals surface area contributed by atoms with Crippen LogP contribution in [0, 0.1) is 0 Å². The molecule has 0 saturated heterocycles. The van der Waals surface area contributed by atoms with Gasteiger partial charge in [-0.3, -0.25) is 15.1 Å². The van der Waals surface area contributed by atoms with Gasteiger partial charge < -0.3 is 25.0 Å². The molecular weight excluding hydrogens is 594 g/mol. The summed E-state index contributed by atoms with van der Waals surface area (Å²) in [6, 6.07) is 19.1. The van der Waals surface area contributed by atoms with Crippen molar-refractivity contribution in [1.29, 1.82) is 0 Å². The van der Waals surface area contributed by atoms with Crippen molar-refractivity contribution in [3.8, 4) is 5.75 Å². The molecule has 1 amide bonds. The number of fused-ring (bicyclic) bond motifs is 3. The first-order valence-electron chi connectivity index (χ1n) is 15.8. The third kappa shape index (κ3) is 5.90. The molecule has 0 spiro atoms. The van der Waals surface area contributed by atoms with Crippen LogP contribution in [0.5, 0.6) is 5.75 Å². The minimum atomic E-state index is -0.659. The van der Waals surface area contributed by atoms with E-state index in [1.807, 2.05) is 59.5 Å². The minimum absolute atomic E-state index is 0.225. The van der Waals surface area contributed by atoms with E-state index in [2.05, 4.69) is 45.2 Å². The van der Waals surface area contributed by atoms with Gasteiger partial charge in [-0.15, -0.1) is 0 Å². The second-order valence-corrected chi connectivity index (χ2v) is 11.6. The maximum absolute atomic E-state index is 13.8. The van der Waals surface area contributed by atoms with Gasteiger partial charge in [-0.1, -0.05) is 72.8 Å². The third-order valence-electron chi connectivity index (χ3n) is 8.50. The number of aliphatic imine (C=N–C) groups is 1. The van der Waals surface area contributed by atoms with Gasteiger partial charge in [-0.05, 0) is 17.2 Å². The number of hydrogen-bond acceptors (Lipinski definition) is 11. The molecule has 12 nitrogen and oxygen atoms in total. The first-order valence-corrected chi connectivity index (χ1v) is 15.8. The maximum Gasteiger partial charge on any atom is 0.253 e. The number of rotatable bonds is 9. The molecule has 2 atom stereocenters. The number of hydrogen-bond donors (Lipinski definition) is 3. The first-order chi connectivity index (χ1) is 23.2. The molecule has 0 radical (unpaired) electrons. The quantitative estimate of drug-likeness (QED) is 0.246. The lowest BCUT2D eigenvalue weighted by Crippen LogP contribution is -2.42. The van der Waals surface area contributed by atoms with Crippen LogP contribution in [-0.4, -0.2) is 56.3 Å². The Kier molecular flexibility index (Phi) is 7.75. The van der Waals surface area contributed by atoms with Crippen LogP contribution in [0.25, 0.3) is 0 Å². The number of carbonyl (C=O) groups is 1. The lowest BCUT2D eigenvalue weighted by molar-refractivity contribution is -0.118. The highest BCUT2D eigenvalue weighted by Crippen LogP contribution is 2.38. The molecule has 0 fully saturated rings. The fourth-order valence-electron chi connectivity index (χ4n) is 6.13. The highest BCUT2D eigenvalue weighted by Gasteiger charge is 2.37. The molecule has 2 unspecified atom stereocenters. The third-order valence-corrected chi connectivity index (χ3v) is 8.50. The summed E-state index contributed by atoms with van der Waals surface area (Å²) in [6.45, 7) is 2.73. The molecule has 4 aliphatic rings. The van der Waals surface area contributed by atoms with E-state index in [9.17, 15) is 4.79 Å². The molecule has 0 aliphatic carbocycles. The van der Waals surface area contributed by atoms with Crippen molar-refractivity contribution >= 4 is 29.8 Å². The molecule has 3 N–H and O–H groups in total. The summed E-state index contributed by atoms with van der Waals surface area (Å²) in [5.74, 6) is 2.53. The van der Waals surface area contributed by atoms with Gasteiger partial charge in [0, 0.05) is 31.5 Å². The fraction of sp³-hybridized carbons (Fsp3) is 0.257. The Morgan fingerprint density at radius 1 is 0.851 bits per heavy atom. The van der Waals surface area contributed by atoms with E-state index in [1.54, 1.807) is 6.34 Å². The van der Waals surface area contributed by atoms with Gasteiger partial charge >= 0.3 is 0 Å². The van der Waals surface area contributed by atoms with Crippen LogP contribution in [0.2, 0.25) is 0 Å². The van der Waals surface area contributed by atoms with Crippen molar-refractivity contribution < 1.29 is 14.3 Å². The van der Waals surface area contributed by atoms with Crippen molar-refractivity contribution in [2.24, 2.45) is 4.99 Å². The number of anilines is 3. The zero-order valence-corrected chi connectivity index (χ0v) is 25.6. The van der Waals surface area contributed by atoms with E-state index in [4.69, 9.17) is 29.4 Å². The summed E-state index contributed by atoms with van der Waals surface area (Å²) >= 11 is 0. The Balaban J connectivity index is 0.999. The number of allylic oxidation sites excluding steroid dienone is 2. The Hall–Kier alpha value is -5.62. The van der Waals surface area contributed by atoms with E-state index in [0.717, 1.165) is 33.8 Å². The Morgan fingerprint density at radius 3 is 2.40 bits per heavy atom. The number of nitrogens with one attached hydrogen (secondary N) is 3. The second kappa shape index (κ2) is 12.6. The van der Waals surface area contributed by atoms with Crippen LogP contribution >= 0.6 is 0 Å². The number of amides is 1. The topological polar surface area (TPSA) is 139 Å².